The van der Waals surface area contributed by atoms with E-state index >= 15 is 0 Å². The third-order valence-electron chi connectivity index (χ3n) is 3.34. The minimum atomic E-state index is 0.676. The van der Waals surface area contributed by atoms with Crippen LogP contribution in [0.3, 0.4) is 0 Å². The number of hydrogen-bond acceptors (Lipinski definition) is 3. The highest BCUT2D eigenvalue weighted by molar-refractivity contribution is 6.31. The van der Waals surface area contributed by atoms with Crippen LogP contribution in [0.4, 0.5) is 5.95 Å². The molecule has 3 rings (SSSR count). The number of aromatic nitrogens is 2. The van der Waals surface area contributed by atoms with E-state index in [0.717, 1.165) is 54.6 Å². The lowest BCUT2D eigenvalue weighted by atomic mass is 10.0. The van der Waals surface area contributed by atoms with Gasteiger partial charge < -0.3 is 15.0 Å². The first-order chi connectivity index (χ1) is 8.81. The Bertz CT molecular complexity index is 534. The van der Waals surface area contributed by atoms with Crippen LogP contribution in [0, 0.1) is 5.92 Å². The van der Waals surface area contributed by atoms with Gasteiger partial charge in [0.15, 0.2) is 0 Å². The van der Waals surface area contributed by atoms with Crippen LogP contribution in [-0.4, -0.2) is 29.7 Å². The lowest BCUT2D eigenvalue weighted by Gasteiger charge is -2.21. The van der Waals surface area contributed by atoms with Crippen molar-refractivity contribution in [3.8, 4) is 0 Å². The van der Waals surface area contributed by atoms with E-state index in [4.69, 9.17) is 16.3 Å². The molecule has 4 nitrogen and oxygen atoms in total. The topological polar surface area (TPSA) is 49.9 Å². The number of ether oxygens (including phenoxy) is 1. The standard InChI is InChI=1S/C13H16ClN3O/c14-10-1-2-11-12(7-10)17-13(16-11)15-8-9-3-5-18-6-4-9/h1-2,7,9H,3-6,8H2,(H2,15,16,17). The molecular formula is C13H16ClN3O. The average Bonchev–Trinajstić information content (AvgIpc) is 2.79. The van der Waals surface area contributed by atoms with E-state index in [1.54, 1.807) is 0 Å². The number of nitrogens with one attached hydrogen (secondary N) is 2. The highest BCUT2D eigenvalue weighted by Gasteiger charge is 2.14. The maximum atomic E-state index is 5.94. The highest BCUT2D eigenvalue weighted by atomic mass is 35.5. The van der Waals surface area contributed by atoms with Gasteiger partial charge in [-0.2, -0.15) is 0 Å². The molecule has 0 saturated carbocycles. The van der Waals surface area contributed by atoms with Crippen molar-refractivity contribution in [2.75, 3.05) is 25.1 Å². The van der Waals surface area contributed by atoms with Gasteiger partial charge in [0.2, 0.25) is 5.95 Å². The fourth-order valence-electron chi connectivity index (χ4n) is 2.26. The number of hydrogen-bond donors (Lipinski definition) is 2. The number of H-pyrrole nitrogens is 1. The second kappa shape index (κ2) is 5.16. The van der Waals surface area contributed by atoms with Gasteiger partial charge in [-0.25, -0.2) is 4.98 Å². The van der Waals surface area contributed by atoms with Crippen LogP contribution in [0.2, 0.25) is 5.02 Å². The summed E-state index contributed by atoms with van der Waals surface area (Å²) in [4.78, 5) is 7.72. The Hall–Kier alpha value is -1.26. The third kappa shape index (κ3) is 2.60. The molecule has 0 spiro atoms. The van der Waals surface area contributed by atoms with Crippen LogP contribution >= 0.6 is 11.6 Å². The van der Waals surface area contributed by atoms with Crippen molar-refractivity contribution >= 4 is 28.6 Å². The van der Waals surface area contributed by atoms with Gasteiger partial charge in [-0.05, 0) is 37.0 Å². The Kier molecular flexibility index (Phi) is 3.39. The molecule has 18 heavy (non-hydrogen) atoms. The minimum absolute atomic E-state index is 0.676. The number of halogens is 1. The molecule has 5 heteroatoms. The first kappa shape index (κ1) is 11.8. The molecule has 96 valence electrons. The molecule has 1 aromatic carbocycles. The van der Waals surface area contributed by atoms with Crippen LogP contribution in [0.1, 0.15) is 12.8 Å². The van der Waals surface area contributed by atoms with Crippen molar-refractivity contribution < 1.29 is 4.74 Å². The highest BCUT2D eigenvalue weighted by Crippen LogP contribution is 2.20. The largest absolute Gasteiger partial charge is 0.381 e. The summed E-state index contributed by atoms with van der Waals surface area (Å²) < 4.78 is 5.35. The van der Waals surface area contributed by atoms with Gasteiger partial charge in [-0.3, -0.25) is 0 Å². The molecule has 0 aliphatic carbocycles. The SMILES string of the molecule is Clc1ccc2nc(NCC3CCOCC3)[nH]c2c1. The monoisotopic (exact) mass is 265 g/mol. The van der Waals surface area contributed by atoms with Crippen LogP contribution < -0.4 is 5.32 Å². The Balaban J connectivity index is 1.67. The van der Waals surface area contributed by atoms with Crippen LogP contribution in [-0.2, 0) is 4.74 Å². The van der Waals surface area contributed by atoms with Gasteiger partial charge in [0.25, 0.3) is 0 Å². The summed E-state index contributed by atoms with van der Waals surface area (Å²) in [6, 6.07) is 5.67. The average molecular weight is 266 g/mol. The quantitative estimate of drug-likeness (QED) is 0.897. The predicted molar refractivity (Wildman–Crippen MR) is 73.1 cm³/mol. The first-order valence-electron chi connectivity index (χ1n) is 6.28. The normalized spacial score (nSPS) is 17.2. The Morgan fingerprint density at radius 1 is 1.39 bits per heavy atom. The fourth-order valence-corrected chi connectivity index (χ4v) is 2.43. The summed E-state index contributed by atoms with van der Waals surface area (Å²) in [7, 11) is 0. The van der Waals surface area contributed by atoms with E-state index in [-0.39, 0.29) is 0 Å². The summed E-state index contributed by atoms with van der Waals surface area (Å²) in [5, 5.41) is 4.08. The van der Waals surface area contributed by atoms with Crippen molar-refractivity contribution in [3.63, 3.8) is 0 Å². The number of aromatic amines is 1. The maximum Gasteiger partial charge on any atom is 0.201 e. The molecule has 2 N–H and O–H groups in total. The Labute approximate surface area is 111 Å². The molecule has 1 aromatic heterocycles. The van der Waals surface area contributed by atoms with Crippen molar-refractivity contribution in [3.05, 3.63) is 23.2 Å². The van der Waals surface area contributed by atoms with E-state index in [0.29, 0.717) is 5.92 Å². The third-order valence-corrected chi connectivity index (χ3v) is 3.58. The van der Waals surface area contributed by atoms with Crippen LogP contribution in [0.25, 0.3) is 11.0 Å². The van der Waals surface area contributed by atoms with Crippen LogP contribution in [0.5, 0.6) is 0 Å². The lowest BCUT2D eigenvalue weighted by molar-refractivity contribution is 0.0699. The molecular weight excluding hydrogens is 250 g/mol. The zero-order valence-corrected chi connectivity index (χ0v) is 10.8. The molecule has 1 aliphatic heterocycles. The molecule has 0 amide bonds. The summed E-state index contributed by atoms with van der Waals surface area (Å²) in [5.74, 6) is 1.49. The number of rotatable bonds is 3. The zero-order valence-electron chi connectivity index (χ0n) is 10.1. The fraction of sp³-hybridized carbons (Fsp3) is 0.462. The molecule has 1 saturated heterocycles. The van der Waals surface area contributed by atoms with E-state index in [1.807, 2.05) is 18.2 Å². The minimum Gasteiger partial charge on any atom is -0.381 e. The van der Waals surface area contributed by atoms with Crippen molar-refractivity contribution in [2.24, 2.45) is 5.92 Å². The second-order valence-electron chi connectivity index (χ2n) is 4.68. The molecule has 1 fully saturated rings. The summed E-state index contributed by atoms with van der Waals surface area (Å²) in [6.45, 7) is 2.70. The Morgan fingerprint density at radius 2 is 2.22 bits per heavy atom. The first-order valence-corrected chi connectivity index (χ1v) is 6.66. The van der Waals surface area contributed by atoms with Crippen LogP contribution in [0.15, 0.2) is 18.2 Å². The second-order valence-corrected chi connectivity index (χ2v) is 5.12. The molecule has 2 heterocycles. The number of imidazole rings is 1. The van der Waals surface area contributed by atoms with Crippen molar-refractivity contribution in [1.29, 1.82) is 0 Å². The molecule has 2 aromatic rings. The Morgan fingerprint density at radius 3 is 3.06 bits per heavy atom. The van der Waals surface area contributed by atoms with Gasteiger partial charge >= 0.3 is 0 Å². The zero-order chi connectivity index (χ0) is 12.4. The van der Waals surface area contributed by atoms with Gasteiger partial charge in [0.05, 0.1) is 11.0 Å². The van der Waals surface area contributed by atoms with Gasteiger partial charge in [0.1, 0.15) is 0 Å². The number of anilines is 1. The van der Waals surface area contributed by atoms with Crippen molar-refractivity contribution in [2.45, 2.75) is 12.8 Å². The lowest BCUT2D eigenvalue weighted by Crippen LogP contribution is -2.22. The number of benzene rings is 1. The number of fused-ring (bicyclic) bond motifs is 1. The van der Waals surface area contributed by atoms with E-state index in [9.17, 15) is 0 Å². The molecule has 0 radical (unpaired) electrons. The summed E-state index contributed by atoms with van der Waals surface area (Å²) in [6.07, 6.45) is 2.25. The summed E-state index contributed by atoms with van der Waals surface area (Å²) in [5.41, 5.74) is 1.91. The van der Waals surface area contributed by atoms with E-state index in [2.05, 4.69) is 15.3 Å². The maximum absolute atomic E-state index is 5.94. The summed E-state index contributed by atoms with van der Waals surface area (Å²) >= 11 is 5.94. The van der Waals surface area contributed by atoms with Crippen molar-refractivity contribution in [1.82, 2.24) is 9.97 Å². The van der Waals surface area contributed by atoms with Gasteiger partial charge in [-0.15, -0.1) is 0 Å². The number of nitrogens with zero attached hydrogens (tertiary/aromatic N) is 1. The molecule has 0 unspecified atom stereocenters. The van der Waals surface area contributed by atoms with E-state index < -0.39 is 0 Å². The molecule has 1 aliphatic rings. The predicted octanol–water partition coefficient (Wildman–Crippen LogP) is 3.05. The van der Waals surface area contributed by atoms with E-state index in [1.165, 1.54) is 0 Å². The van der Waals surface area contributed by atoms with Gasteiger partial charge in [-0.1, -0.05) is 11.6 Å². The molecule has 0 bridgehead atoms. The molecule has 0 atom stereocenters. The van der Waals surface area contributed by atoms with Gasteiger partial charge in [0, 0.05) is 24.8 Å². The smallest absolute Gasteiger partial charge is 0.201 e.